The Bertz CT molecular complexity index is 4130. The molecule has 6 aliphatic rings. The van der Waals surface area contributed by atoms with Crippen LogP contribution in [0.1, 0.15) is 91.3 Å². The number of halogens is 7. The molecule has 0 bridgehead atoms. The Morgan fingerprint density at radius 2 is 0.843 bits per heavy atom. The molecule has 0 radical (unpaired) electrons. The van der Waals surface area contributed by atoms with Gasteiger partial charge in [0.25, 0.3) is 17.7 Å². The molecule has 0 unspecified atom stereocenters. The molecule has 3 amide bonds. The van der Waals surface area contributed by atoms with E-state index in [4.69, 9.17) is 11.6 Å². The predicted molar refractivity (Wildman–Crippen MR) is 311 cm³/mol. The maximum atomic E-state index is 13.3. The molecule has 89 heavy (non-hydrogen) atoms. The van der Waals surface area contributed by atoms with Gasteiger partial charge >= 0.3 is 18.9 Å². The van der Waals surface area contributed by atoms with Crippen LogP contribution in [0.3, 0.4) is 0 Å². The summed E-state index contributed by atoms with van der Waals surface area (Å²) in [5.41, 5.74) is 10.8. The Labute approximate surface area is 507 Å². The van der Waals surface area contributed by atoms with Crippen molar-refractivity contribution in [3.63, 3.8) is 0 Å². The predicted octanol–water partition coefficient (Wildman–Crippen LogP) is 13.3. The van der Waals surface area contributed by atoms with Gasteiger partial charge in [0.15, 0.2) is 34.5 Å². The first-order valence-corrected chi connectivity index (χ1v) is 28.6. The molecule has 9 aromatic rings. The topological polar surface area (TPSA) is 209 Å². The number of nitrogens with one attached hydrogen (secondary N) is 3. The largest absolute Gasteiger partial charge is 0.586 e. The molecule has 8 heterocycles. The van der Waals surface area contributed by atoms with Gasteiger partial charge in [0.2, 0.25) is 11.6 Å². The first-order chi connectivity index (χ1) is 42.6. The van der Waals surface area contributed by atoms with Crippen molar-refractivity contribution in [2.75, 3.05) is 16.0 Å². The minimum absolute atomic E-state index is 0.00589. The van der Waals surface area contributed by atoms with Crippen LogP contribution >= 0.6 is 11.6 Å². The van der Waals surface area contributed by atoms with Crippen molar-refractivity contribution in [1.29, 1.82) is 0 Å². The van der Waals surface area contributed by atoms with E-state index in [0.717, 1.165) is 115 Å². The number of hydrogen-bond acceptors (Lipinski definition) is 13. The summed E-state index contributed by atoms with van der Waals surface area (Å²) in [5, 5.41) is 24.8. The van der Waals surface area contributed by atoms with Crippen LogP contribution in [0.25, 0.3) is 33.4 Å². The molecule has 15 rings (SSSR count). The van der Waals surface area contributed by atoms with Crippen molar-refractivity contribution in [2.24, 2.45) is 7.05 Å². The van der Waals surface area contributed by atoms with Gasteiger partial charge in [-0.05, 0) is 169 Å². The van der Waals surface area contributed by atoms with Crippen LogP contribution in [0.4, 0.5) is 43.4 Å². The molecule has 0 spiro atoms. The Balaban J connectivity index is 0.000000123. The molecule has 0 atom stereocenters. The number of rotatable bonds is 9. The van der Waals surface area contributed by atoms with E-state index in [1.165, 1.54) is 29.8 Å². The highest BCUT2D eigenvalue weighted by Gasteiger charge is 2.46. The van der Waals surface area contributed by atoms with Gasteiger partial charge < -0.3 is 58.1 Å². The van der Waals surface area contributed by atoms with Crippen molar-refractivity contribution in [3.05, 3.63) is 172 Å². The molecule has 19 nitrogen and oxygen atoms in total. The smallest absolute Gasteiger partial charge is 0.395 e. The maximum absolute atomic E-state index is 13.3. The van der Waals surface area contributed by atoms with E-state index in [0.29, 0.717) is 39.7 Å². The molecule has 1 aliphatic carbocycles. The summed E-state index contributed by atoms with van der Waals surface area (Å²) in [6, 6.07) is 30.0. The first kappa shape index (κ1) is 58.0. The van der Waals surface area contributed by atoms with E-state index in [1.54, 1.807) is 79.7 Å². The van der Waals surface area contributed by atoms with Crippen molar-refractivity contribution in [1.82, 2.24) is 34.1 Å². The standard InChI is InChI=1S/C24H22F2N2O3.C20H16F2N4O3.C19H13ClF2N4O3/c1-14-11-20-21(31-24(25,26)30-20)12-19(14)15-7-9-17(10-8-15)27-23(29)22-18-6-4-3-5-16(18)13-28(22)2;1-11-9-15-16(29-20(21,22)28-15)10-14(11)12-4-6-13(7-5-12)23-19(27)18-25-24-17-3-2-8-26(17)18;20-13-9-15-14(28-19(21,22)29-15)8-12(13)10-3-5-11(6-4-10)23-18(27)17-25-24-16-2-1-7-26(16)17/h7-13H,3-6H2,1-2H3,(H,27,29);4-7,9-10H,2-3,8H2,1H3,(H,23,27);3-6,8-9H,1-2,7H2,(H,23,27). The second-order valence-corrected chi connectivity index (χ2v) is 22.2. The van der Waals surface area contributed by atoms with Crippen molar-refractivity contribution in [2.45, 2.75) is 97.2 Å². The van der Waals surface area contributed by atoms with Gasteiger partial charge in [-0.1, -0.05) is 48.0 Å². The summed E-state index contributed by atoms with van der Waals surface area (Å²) in [4.78, 5) is 37.9. The van der Waals surface area contributed by atoms with E-state index in [9.17, 15) is 40.7 Å². The van der Waals surface area contributed by atoms with E-state index >= 15 is 0 Å². The zero-order valence-electron chi connectivity index (χ0n) is 47.5. The molecule has 26 heteroatoms. The molecular formula is C63H51ClF6N10O9. The molecule has 3 N–H and O–H groups in total. The fourth-order valence-corrected chi connectivity index (χ4v) is 11.8. The third kappa shape index (κ3) is 11.8. The highest BCUT2D eigenvalue weighted by atomic mass is 35.5. The molecule has 5 aliphatic heterocycles. The number of carbonyl (C=O) groups is 3. The van der Waals surface area contributed by atoms with Gasteiger partial charge in [-0.3, -0.25) is 14.4 Å². The lowest BCUT2D eigenvalue weighted by atomic mass is 9.93. The van der Waals surface area contributed by atoms with Crippen LogP contribution in [-0.2, 0) is 45.8 Å². The van der Waals surface area contributed by atoms with Crippen molar-refractivity contribution in [3.8, 4) is 67.9 Å². The number of alkyl halides is 6. The third-order valence-corrected chi connectivity index (χ3v) is 16.0. The van der Waals surface area contributed by atoms with Crippen LogP contribution in [0.5, 0.6) is 34.5 Å². The summed E-state index contributed by atoms with van der Waals surface area (Å²) in [5.74, 6) is 1.27. The Morgan fingerprint density at radius 3 is 1.28 bits per heavy atom. The van der Waals surface area contributed by atoms with Gasteiger partial charge in [0.05, 0.1) is 5.02 Å². The SMILES string of the molecule is Cc1cc2c(cc1-c1ccc(NC(=O)c3c4c(cn3C)CCCC4)cc1)OC(F)(F)O2.Cc1cc2c(cc1-c1ccc(NC(=O)c3nnc4n3CCC4)cc1)OC(F)(F)O2.O=C(Nc1ccc(-c2cc3c(cc2Cl)OC(F)(F)O3)cc1)c1nnc2n1CCC2. The fourth-order valence-electron chi connectivity index (χ4n) is 11.6. The van der Waals surface area contributed by atoms with E-state index in [2.05, 4.69) is 71.0 Å². The van der Waals surface area contributed by atoms with Crippen LogP contribution in [0, 0.1) is 13.8 Å². The number of fused-ring (bicyclic) bond motifs is 6. The second kappa shape index (κ2) is 22.6. The number of aryl methyl sites for hydroxylation is 6. The lowest BCUT2D eigenvalue weighted by molar-refractivity contribution is -0.287. The minimum Gasteiger partial charge on any atom is -0.395 e. The van der Waals surface area contributed by atoms with Crippen LogP contribution in [0.15, 0.2) is 115 Å². The minimum atomic E-state index is -3.71. The fraction of sp³-hybridized carbons (Fsp3) is 0.254. The van der Waals surface area contributed by atoms with Gasteiger partial charge in [-0.25, -0.2) is 0 Å². The normalized spacial score (nSPS) is 16.0. The van der Waals surface area contributed by atoms with Crippen LogP contribution in [0.2, 0.25) is 5.02 Å². The quantitative estimate of drug-likeness (QED) is 0.115. The molecule has 6 aromatic carbocycles. The van der Waals surface area contributed by atoms with Gasteiger partial charge in [-0.15, -0.1) is 46.7 Å². The van der Waals surface area contributed by atoms with Gasteiger partial charge in [-0.2, -0.15) is 0 Å². The molecule has 456 valence electrons. The van der Waals surface area contributed by atoms with Crippen LogP contribution < -0.4 is 44.4 Å². The second-order valence-electron chi connectivity index (χ2n) is 21.8. The third-order valence-electron chi connectivity index (χ3n) is 15.7. The number of ether oxygens (including phenoxy) is 6. The molecule has 3 aromatic heterocycles. The summed E-state index contributed by atoms with van der Waals surface area (Å²) >= 11 is 6.21. The Morgan fingerprint density at radius 1 is 0.472 bits per heavy atom. The number of nitrogens with zero attached hydrogens (tertiary/aromatic N) is 7. The molecule has 0 fully saturated rings. The van der Waals surface area contributed by atoms with Gasteiger partial charge in [0.1, 0.15) is 17.3 Å². The monoisotopic (exact) mass is 1240 g/mol. The number of hydrogen-bond donors (Lipinski definition) is 3. The van der Waals surface area contributed by atoms with Gasteiger partial charge in [0, 0.05) is 67.9 Å². The summed E-state index contributed by atoms with van der Waals surface area (Å²) in [6.45, 7) is 5.10. The average molecular weight is 1240 g/mol. The highest BCUT2D eigenvalue weighted by molar-refractivity contribution is 6.33. The summed E-state index contributed by atoms with van der Waals surface area (Å²) < 4.78 is 112. The Kier molecular flexibility index (Phi) is 14.7. The highest BCUT2D eigenvalue weighted by Crippen LogP contribution is 2.48. The lowest BCUT2D eigenvalue weighted by Gasteiger charge is -2.14. The zero-order chi connectivity index (χ0) is 62.1. The molecule has 0 saturated carbocycles. The number of carbonyl (C=O) groups excluding carboxylic acids is 3. The van der Waals surface area contributed by atoms with Crippen molar-refractivity contribution < 1.29 is 69.1 Å². The zero-order valence-corrected chi connectivity index (χ0v) is 48.2. The average Bonchev–Trinajstić information content (AvgIpc) is 4.15. The Hall–Kier alpha value is -10.0. The summed E-state index contributed by atoms with van der Waals surface area (Å²) in [7, 11) is 1.91. The van der Waals surface area contributed by atoms with E-state index in [-0.39, 0.29) is 63.1 Å². The number of amides is 3. The molecular weight excluding hydrogens is 1190 g/mol. The van der Waals surface area contributed by atoms with Crippen molar-refractivity contribution >= 4 is 46.4 Å². The number of anilines is 3. The summed E-state index contributed by atoms with van der Waals surface area (Å²) in [6.07, 6.45) is -1.18. The number of benzene rings is 6. The number of aromatic nitrogens is 7. The van der Waals surface area contributed by atoms with E-state index in [1.807, 2.05) is 39.8 Å². The molecule has 0 saturated heterocycles. The van der Waals surface area contributed by atoms with Crippen LogP contribution in [-0.4, -0.2) is 70.7 Å². The first-order valence-electron chi connectivity index (χ1n) is 28.3. The van der Waals surface area contributed by atoms with E-state index < -0.39 is 18.9 Å². The maximum Gasteiger partial charge on any atom is 0.586 e. The lowest BCUT2D eigenvalue weighted by Crippen LogP contribution is -2.25.